The molecule has 0 fully saturated rings. The molecule has 0 saturated heterocycles. The van der Waals surface area contributed by atoms with E-state index in [0.29, 0.717) is 31.0 Å². The fourth-order valence-electron chi connectivity index (χ4n) is 3.01. The number of hydrogen-bond donors (Lipinski definition) is 1. The van der Waals surface area contributed by atoms with Gasteiger partial charge in [0.05, 0.1) is 0 Å². The number of rotatable bonds is 9. The molecule has 1 atom stereocenters. The standard InChI is InChI=1S/C22H27ClN2O2/c1-3-10-21(26)25(16-18-13-8-9-14-19(18)23)20(22(27)24-4-2)15-17-11-6-5-7-12-17/h5-9,11-14,20H,3-4,10,15-16H2,1-2H3,(H,24,27). The molecule has 5 heteroatoms. The van der Waals surface area contributed by atoms with Gasteiger partial charge in [0, 0.05) is 31.0 Å². The first kappa shape index (κ1) is 21.0. The van der Waals surface area contributed by atoms with E-state index in [4.69, 9.17) is 11.6 Å². The monoisotopic (exact) mass is 386 g/mol. The van der Waals surface area contributed by atoms with Crippen LogP contribution >= 0.6 is 11.6 Å². The average molecular weight is 387 g/mol. The average Bonchev–Trinajstić information content (AvgIpc) is 2.67. The number of carbonyl (C=O) groups is 2. The molecule has 2 aromatic carbocycles. The summed E-state index contributed by atoms with van der Waals surface area (Å²) in [7, 11) is 0. The second kappa shape index (κ2) is 10.7. The molecule has 27 heavy (non-hydrogen) atoms. The number of nitrogens with one attached hydrogen (secondary N) is 1. The summed E-state index contributed by atoms with van der Waals surface area (Å²) in [6.45, 7) is 4.67. The van der Waals surface area contributed by atoms with Crippen molar-refractivity contribution < 1.29 is 9.59 Å². The van der Waals surface area contributed by atoms with Crippen LogP contribution in [0.25, 0.3) is 0 Å². The van der Waals surface area contributed by atoms with E-state index in [2.05, 4.69) is 5.32 Å². The van der Waals surface area contributed by atoms with Gasteiger partial charge in [-0.1, -0.05) is 67.1 Å². The van der Waals surface area contributed by atoms with E-state index in [1.54, 1.807) is 11.0 Å². The summed E-state index contributed by atoms with van der Waals surface area (Å²) in [5, 5.41) is 3.48. The Morgan fingerprint density at radius 2 is 1.70 bits per heavy atom. The minimum atomic E-state index is -0.581. The third-order valence-electron chi connectivity index (χ3n) is 4.38. The molecular formula is C22H27ClN2O2. The summed E-state index contributed by atoms with van der Waals surface area (Å²) < 4.78 is 0. The Kier molecular flexibility index (Phi) is 8.34. The summed E-state index contributed by atoms with van der Waals surface area (Å²) in [5.41, 5.74) is 1.85. The third-order valence-corrected chi connectivity index (χ3v) is 4.75. The van der Waals surface area contributed by atoms with Gasteiger partial charge in [-0.15, -0.1) is 0 Å². The van der Waals surface area contributed by atoms with E-state index in [1.807, 2.05) is 62.4 Å². The van der Waals surface area contributed by atoms with E-state index in [1.165, 1.54) is 0 Å². The van der Waals surface area contributed by atoms with Crippen LogP contribution in [0, 0.1) is 0 Å². The van der Waals surface area contributed by atoms with Gasteiger partial charge in [0.1, 0.15) is 6.04 Å². The van der Waals surface area contributed by atoms with Crippen LogP contribution in [0.5, 0.6) is 0 Å². The molecule has 2 rings (SSSR count). The number of nitrogens with zero attached hydrogens (tertiary/aromatic N) is 1. The Hall–Kier alpha value is -2.33. The predicted octanol–water partition coefficient (Wildman–Crippen LogP) is 4.22. The van der Waals surface area contributed by atoms with Gasteiger partial charge in [-0.05, 0) is 30.5 Å². The minimum absolute atomic E-state index is 0.0374. The molecule has 1 unspecified atom stereocenters. The highest BCUT2D eigenvalue weighted by molar-refractivity contribution is 6.31. The summed E-state index contributed by atoms with van der Waals surface area (Å²) in [4.78, 5) is 27.4. The Morgan fingerprint density at radius 3 is 2.33 bits per heavy atom. The molecule has 0 heterocycles. The summed E-state index contributed by atoms with van der Waals surface area (Å²) in [5.74, 6) is -0.178. The van der Waals surface area contributed by atoms with Crippen LogP contribution in [0.4, 0.5) is 0 Å². The zero-order chi connectivity index (χ0) is 19.6. The smallest absolute Gasteiger partial charge is 0.243 e. The number of halogens is 1. The van der Waals surface area contributed by atoms with E-state index >= 15 is 0 Å². The number of hydrogen-bond acceptors (Lipinski definition) is 2. The zero-order valence-electron chi connectivity index (χ0n) is 16.0. The lowest BCUT2D eigenvalue weighted by molar-refractivity contribution is -0.141. The van der Waals surface area contributed by atoms with Crippen molar-refractivity contribution >= 4 is 23.4 Å². The number of benzene rings is 2. The summed E-state index contributed by atoms with van der Waals surface area (Å²) in [6, 6.07) is 16.6. The number of amides is 2. The van der Waals surface area contributed by atoms with Crippen molar-refractivity contribution in [3.8, 4) is 0 Å². The van der Waals surface area contributed by atoms with Crippen molar-refractivity contribution in [3.63, 3.8) is 0 Å². The molecule has 4 nitrogen and oxygen atoms in total. The molecule has 144 valence electrons. The van der Waals surface area contributed by atoms with Crippen molar-refractivity contribution in [2.75, 3.05) is 6.54 Å². The van der Waals surface area contributed by atoms with E-state index in [-0.39, 0.29) is 11.8 Å². The minimum Gasteiger partial charge on any atom is -0.355 e. The molecule has 0 aliphatic rings. The molecule has 2 amide bonds. The molecule has 0 aliphatic heterocycles. The third kappa shape index (κ3) is 6.10. The molecule has 0 spiro atoms. The molecule has 1 N–H and O–H groups in total. The van der Waals surface area contributed by atoms with Gasteiger partial charge in [-0.3, -0.25) is 9.59 Å². The topological polar surface area (TPSA) is 49.4 Å². The maximum atomic E-state index is 12.9. The van der Waals surface area contributed by atoms with E-state index < -0.39 is 6.04 Å². The van der Waals surface area contributed by atoms with Gasteiger partial charge < -0.3 is 10.2 Å². The Labute approximate surface area is 166 Å². The van der Waals surface area contributed by atoms with E-state index in [0.717, 1.165) is 17.5 Å². The normalized spacial score (nSPS) is 11.7. The van der Waals surface area contributed by atoms with Crippen LogP contribution in [0.3, 0.4) is 0 Å². The fourth-order valence-corrected chi connectivity index (χ4v) is 3.21. The SMILES string of the molecule is CCCC(=O)N(Cc1ccccc1Cl)C(Cc1ccccc1)C(=O)NCC. The van der Waals surface area contributed by atoms with Gasteiger partial charge in [0.25, 0.3) is 0 Å². The van der Waals surface area contributed by atoms with Crippen LogP contribution in [0.2, 0.25) is 5.02 Å². The van der Waals surface area contributed by atoms with Crippen LogP contribution in [-0.4, -0.2) is 29.3 Å². The van der Waals surface area contributed by atoms with Gasteiger partial charge in [-0.25, -0.2) is 0 Å². The lowest BCUT2D eigenvalue weighted by atomic mass is 10.0. The van der Waals surface area contributed by atoms with Gasteiger partial charge in [-0.2, -0.15) is 0 Å². The molecule has 0 saturated carbocycles. The first-order valence-corrected chi connectivity index (χ1v) is 9.79. The highest BCUT2D eigenvalue weighted by atomic mass is 35.5. The van der Waals surface area contributed by atoms with E-state index in [9.17, 15) is 9.59 Å². The zero-order valence-corrected chi connectivity index (χ0v) is 16.7. The molecule has 0 radical (unpaired) electrons. The number of carbonyl (C=O) groups excluding carboxylic acids is 2. The summed E-state index contributed by atoms with van der Waals surface area (Å²) in [6.07, 6.45) is 1.59. The van der Waals surface area contributed by atoms with Crippen LogP contribution in [0.15, 0.2) is 54.6 Å². The van der Waals surface area contributed by atoms with Crippen molar-refractivity contribution in [3.05, 3.63) is 70.7 Å². The van der Waals surface area contributed by atoms with Crippen LogP contribution < -0.4 is 5.32 Å². The van der Waals surface area contributed by atoms with Crippen molar-refractivity contribution in [2.24, 2.45) is 0 Å². The highest BCUT2D eigenvalue weighted by Crippen LogP contribution is 2.21. The van der Waals surface area contributed by atoms with Gasteiger partial charge in [0.15, 0.2) is 0 Å². The molecule has 0 aliphatic carbocycles. The maximum Gasteiger partial charge on any atom is 0.243 e. The molecular weight excluding hydrogens is 360 g/mol. The first-order chi connectivity index (χ1) is 13.1. The van der Waals surface area contributed by atoms with Crippen molar-refractivity contribution in [1.29, 1.82) is 0 Å². The second-order valence-corrected chi connectivity index (χ2v) is 6.87. The van der Waals surface area contributed by atoms with Crippen LogP contribution in [0.1, 0.15) is 37.8 Å². The Balaban J connectivity index is 2.36. The molecule has 2 aromatic rings. The Morgan fingerprint density at radius 1 is 1.04 bits per heavy atom. The number of likely N-dealkylation sites (N-methyl/N-ethyl adjacent to an activating group) is 1. The van der Waals surface area contributed by atoms with Crippen LogP contribution in [-0.2, 0) is 22.6 Å². The lowest BCUT2D eigenvalue weighted by Crippen LogP contribution is -2.50. The summed E-state index contributed by atoms with van der Waals surface area (Å²) >= 11 is 6.32. The van der Waals surface area contributed by atoms with Crippen molar-refractivity contribution in [1.82, 2.24) is 10.2 Å². The van der Waals surface area contributed by atoms with Gasteiger partial charge >= 0.3 is 0 Å². The van der Waals surface area contributed by atoms with Crippen molar-refractivity contribution in [2.45, 2.75) is 45.7 Å². The Bertz CT molecular complexity index is 749. The highest BCUT2D eigenvalue weighted by Gasteiger charge is 2.29. The second-order valence-electron chi connectivity index (χ2n) is 6.46. The predicted molar refractivity (Wildman–Crippen MR) is 110 cm³/mol. The molecule has 0 bridgehead atoms. The quantitative estimate of drug-likeness (QED) is 0.701. The fraction of sp³-hybridized carbons (Fsp3) is 0.364. The molecule has 0 aromatic heterocycles. The first-order valence-electron chi connectivity index (χ1n) is 9.41. The largest absolute Gasteiger partial charge is 0.355 e. The maximum absolute atomic E-state index is 12.9. The lowest BCUT2D eigenvalue weighted by Gasteiger charge is -2.31. The van der Waals surface area contributed by atoms with Gasteiger partial charge in [0.2, 0.25) is 11.8 Å².